The van der Waals surface area contributed by atoms with Crippen molar-refractivity contribution in [3.63, 3.8) is 0 Å². The van der Waals surface area contributed by atoms with Crippen molar-refractivity contribution in [2.24, 2.45) is 5.14 Å². The van der Waals surface area contributed by atoms with Gasteiger partial charge in [-0.2, -0.15) is 0 Å². The molecule has 2 N–H and O–H groups in total. The summed E-state index contributed by atoms with van der Waals surface area (Å²) < 4.78 is 22.8. The number of primary sulfonamides is 1. The van der Waals surface area contributed by atoms with E-state index in [0.29, 0.717) is 31.9 Å². The molecule has 1 saturated heterocycles. The summed E-state index contributed by atoms with van der Waals surface area (Å²) in [5.74, 6) is 0. The first-order valence-corrected chi connectivity index (χ1v) is 9.73. The van der Waals surface area contributed by atoms with Gasteiger partial charge in [0, 0.05) is 32.2 Å². The molecule has 10 nitrogen and oxygen atoms in total. The molecule has 12 heteroatoms. The zero-order valence-corrected chi connectivity index (χ0v) is 15.0. The average Bonchev–Trinajstić information content (AvgIpc) is 3.00. The van der Waals surface area contributed by atoms with Crippen LogP contribution in [-0.4, -0.2) is 49.7 Å². The van der Waals surface area contributed by atoms with E-state index in [1.165, 1.54) is 23.5 Å². The zero-order chi connectivity index (χ0) is 18.2. The maximum atomic E-state index is 11.4. The molecular weight excluding hydrogens is 368 g/mol. The van der Waals surface area contributed by atoms with Crippen LogP contribution in [0, 0.1) is 17.0 Å². The summed E-state index contributed by atoms with van der Waals surface area (Å²) in [5.41, 5.74) is 0.109. The number of nitro groups is 1. The predicted octanol–water partition coefficient (Wildman–Crippen LogP) is 0.729. The van der Waals surface area contributed by atoms with Crippen molar-refractivity contribution in [2.45, 2.75) is 11.8 Å². The minimum absolute atomic E-state index is 0.272. The smallest absolute Gasteiger partial charge is 0.293 e. The third-order valence-corrected chi connectivity index (χ3v) is 5.69. The number of nitrogens with two attached hydrogens (primary N) is 1. The second-order valence-electron chi connectivity index (χ2n) is 5.53. The van der Waals surface area contributed by atoms with Crippen molar-refractivity contribution in [1.29, 1.82) is 0 Å². The zero-order valence-electron chi connectivity index (χ0n) is 13.3. The topological polar surface area (TPSA) is 136 Å². The summed E-state index contributed by atoms with van der Waals surface area (Å²) in [6.45, 7) is 4.27. The van der Waals surface area contributed by atoms with E-state index in [0.717, 1.165) is 16.2 Å². The fraction of sp³-hybridized carbons (Fsp3) is 0.385. The average molecular weight is 384 g/mol. The van der Waals surface area contributed by atoms with Crippen molar-refractivity contribution in [1.82, 2.24) is 10.2 Å². The monoisotopic (exact) mass is 384 g/mol. The number of rotatable bonds is 4. The van der Waals surface area contributed by atoms with Gasteiger partial charge in [-0.05, 0) is 19.1 Å². The van der Waals surface area contributed by atoms with Gasteiger partial charge in [0.15, 0.2) is 0 Å². The number of benzene rings is 1. The molecule has 1 fully saturated rings. The van der Waals surface area contributed by atoms with Crippen LogP contribution in [0.3, 0.4) is 0 Å². The van der Waals surface area contributed by atoms with Crippen LogP contribution in [0.4, 0.5) is 16.5 Å². The van der Waals surface area contributed by atoms with E-state index in [1.807, 2.05) is 11.8 Å². The van der Waals surface area contributed by atoms with E-state index in [9.17, 15) is 18.5 Å². The van der Waals surface area contributed by atoms with Crippen LogP contribution in [0.25, 0.3) is 0 Å². The van der Waals surface area contributed by atoms with Gasteiger partial charge in [-0.1, -0.05) is 11.3 Å². The first-order valence-electron chi connectivity index (χ1n) is 7.37. The Kier molecular flexibility index (Phi) is 4.58. The third kappa shape index (κ3) is 3.70. The fourth-order valence-electron chi connectivity index (χ4n) is 2.65. The van der Waals surface area contributed by atoms with E-state index in [-0.39, 0.29) is 10.6 Å². The lowest BCUT2D eigenvalue weighted by atomic mass is 10.2. The van der Waals surface area contributed by atoms with E-state index < -0.39 is 14.9 Å². The number of hydrogen-bond acceptors (Lipinski definition) is 9. The Morgan fingerprint density at radius 2 is 1.84 bits per heavy atom. The number of anilines is 2. The largest absolute Gasteiger partial charge is 0.362 e. The molecule has 0 aliphatic carbocycles. The van der Waals surface area contributed by atoms with Gasteiger partial charge in [0.2, 0.25) is 15.2 Å². The van der Waals surface area contributed by atoms with Crippen LogP contribution in [-0.2, 0) is 10.0 Å². The minimum Gasteiger partial charge on any atom is -0.362 e. The standard InChI is InChI=1S/C13H16N6O4S2/c1-9-15-16-13(24-9)18-6-4-17(5-7-18)11-3-2-10(25(14,22)23)8-12(11)19(20)21/h2-3,8H,4-7H2,1H3,(H2,14,22,23). The van der Waals surface area contributed by atoms with Crippen molar-refractivity contribution in [3.8, 4) is 0 Å². The highest BCUT2D eigenvalue weighted by molar-refractivity contribution is 7.89. The first-order chi connectivity index (χ1) is 11.8. The molecule has 2 heterocycles. The van der Waals surface area contributed by atoms with Crippen LogP contribution >= 0.6 is 11.3 Å². The van der Waals surface area contributed by atoms with Gasteiger partial charge in [-0.25, -0.2) is 13.6 Å². The second kappa shape index (κ2) is 6.54. The van der Waals surface area contributed by atoms with Crippen LogP contribution in [0.1, 0.15) is 5.01 Å². The lowest BCUT2D eigenvalue weighted by Gasteiger charge is -2.35. The van der Waals surface area contributed by atoms with Crippen LogP contribution < -0.4 is 14.9 Å². The SMILES string of the molecule is Cc1nnc(N2CCN(c3ccc(S(N)(=O)=O)cc3[N+](=O)[O-])CC2)s1. The number of aryl methyl sites for hydroxylation is 1. The Morgan fingerprint density at radius 1 is 1.20 bits per heavy atom. The summed E-state index contributed by atoms with van der Waals surface area (Å²) in [6.07, 6.45) is 0. The first kappa shape index (κ1) is 17.5. The molecule has 1 aromatic carbocycles. The Morgan fingerprint density at radius 3 is 2.36 bits per heavy atom. The Bertz CT molecular complexity index is 905. The molecule has 0 bridgehead atoms. The molecule has 2 aromatic rings. The molecule has 3 rings (SSSR count). The molecule has 1 aromatic heterocycles. The van der Waals surface area contributed by atoms with Gasteiger partial charge >= 0.3 is 0 Å². The Balaban J connectivity index is 1.82. The highest BCUT2D eigenvalue weighted by atomic mass is 32.2. The number of sulfonamides is 1. The lowest BCUT2D eigenvalue weighted by Crippen LogP contribution is -2.46. The Hall–Kier alpha value is -2.31. The molecule has 25 heavy (non-hydrogen) atoms. The molecule has 0 atom stereocenters. The van der Waals surface area contributed by atoms with E-state index in [4.69, 9.17) is 5.14 Å². The third-order valence-electron chi connectivity index (χ3n) is 3.88. The molecule has 0 spiro atoms. The summed E-state index contributed by atoms with van der Waals surface area (Å²) in [7, 11) is -3.99. The van der Waals surface area contributed by atoms with Gasteiger partial charge in [0.25, 0.3) is 5.69 Å². The Labute approximate surface area is 148 Å². The van der Waals surface area contributed by atoms with Crippen molar-refractivity contribution in [3.05, 3.63) is 33.3 Å². The van der Waals surface area contributed by atoms with Gasteiger partial charge in [0.1, 0.15) is 10.7 Å². The number of hydrogen-bond donors (Lipinski definition) is 1. The van der Waals surface area contributed by atoms with E-state index >= 15 is 0 Å². The highest BCUT2D eigenvalue weighted by Crippen LogP contribution is 2.32. The van der Waals surface area contributed by atoms with Gasteiger partial charge in [-0.3, -0.25) is 10.1 Å². The number of piperazine rings is 1. The van der Waals surface area contributed by atoms with Crippen molar-refractivity contribution >= 4 is 37.9 Å². The lowest BCUT2D eigenvalue weighted by molar-refractivity contribution is -0.384. The quantitative estimate of drug-likeness (QED) is 0.602. The maximum absolute atomic E-state index is 11.4. The molecular formula is C13H16N6O4S2. The summed E-state index contributed by atoms with van der Waals surface area (Å²) in [5, 5.41) is 26.2. The van der Waals surface area contributed by atoms with Crippen LogP contribution in [0.2, 0.25) is 0 Å². The molecule has 0 radical (unpaired) electrons. The molecule has 0 saturated carbocycles. The molecule has 1 aliphatic heterocycles. The highest BCUT2D eigenvalue weighted by Gasteiger charge is 2.26. The summed E-state index contributed by atoms with van der Waals surface area (Å²) in [4.78, 5) is 14.4. The molecule has 134 valence electrons. The van der Waals surface area contributed by atoms with Gasteiger partial charge < -0.3 is 9.80 Å². The summed E-state index contributed by atoms with van der Waals surface area (Å²) in [6, 6.07) is 3.73. The number of nitrogens with zero attached hydrogens (tertiary/aromatic N) is 5. The minimum atomic E-state index is -3.99. The van der Waals surface area contributed by atoms with E-state index in [1.54, 1.807) is 0 Å². The number of aromatic nitrogens is 2. The molecule has 0 amide bonds. The number of nitro benzene ring substituents is 1. The maximum Gasteiger partial charge on any atom is 0.293 e. The second-order valence-corrected chi connectivity index (χ2v) is 8.25. The molecule has 0 unspecified atom stereocenters. The van der Waals surface area contributed by atoms with E-state index in [2.05, 4.69) is 15.1 Å². The predicted molar refractivity (Wildman–Crippen MR) is 93.5 cm³/mol. The van der Waals surface area contributed by atoms with Crippen LogP contribution in [0.15, 0.2) is 23.1 Å². The summed E-state index contributed by atoms with van der Waals surface area (Å²) >= 11 is 1.50. The van der Waals surface area contributed by atoms with Crippen LogP contribution in [0.5, 0.6) is 0 Å². The molecule has 1 aliphatic rings. The fourth-order valence-corrected chi connectivity index (χ4v) is 3.92. The van der Waals surface area contributed by atoms with Crippen molar-refractivity contribution < 1.29 is 13.3 Å². The van der Waals surface area contributed by atoms with Gasteiger partial charge in [0.05, 0.1) is 9.82 Å². The van der Waals surface area contributed by atoms with Crippen molar-refractivity contribution in [2.75, 3.05) is 36.0 Å². The van der Waals surface area contributed by atoms with Gasteiger partial charge in [-0.15, -0.1) is 10.2 Å². The normalized spacial score (nSPS) is 15.4.